The van der Waals surface area contributed by atoms with Gasteiger partial charge in [-0.3, -0.25) is 0 Å². The lowest BCUT2D eigenvalue weighted by Gasteiger charge is -2.11. The van der Waals surface area contributed by atoms with Crippen molar-refractivity contribution in [2.75, 3.05) is 5.75 Å². The van der Waals surface area contributed by atoms with Crippen LogP contribution in [0.4, 0.5) is 0 Å². The number of thioether (sulfide) groups is 1. The minimum absolute atomic E-state index is 0.106. The lowest BCUT2D eigenvalue weighted by atomic mass is 10.1. The Morgan fingerprint density at radius 2 is 2.20 bits per heavy atom. The predicted octanol–water partition coefficient (Wildman–Crippen LogP) is 3.47. The van der Waals surface area contributed by atoms with E-state index in [1.165, 1.54) is 0 Å². The van der Waals surface area contributed by atoms with Crippen LogP contribution < -0.4 is 5.73 Å². The Morgan fingerprint density at radius 3 is 2.90 bits per heavy atom. The number of benzene rings is 1. The second kappa shape index (κ2) is 6.61. The molecule has 1 heterocycles. The molecule has 0 aliphatic carbocycles. The van der Waals surface area contributed by atoms with Crippen molar-refractivity contribution >= 4 is 28.5 Å². The van der Waals surface area contributed by atoms with E-state index in [9.17, 15) is 0 Å². The van der Waals surface area contributed by atoms with Crippen LogP contribution in [-0.4, -0.2) is 21.8 Å². The first-order valence-corrected chi connectivity index (χ1v) is 7.64. The van der Waals surface area contributed by atoms with E-state index in [-0.39, 0.29) is 5.84 Å². The maximum atomic E-state index is 8.93. The molecule has 3 N–H and O–H groups in total. The highest BCUT2D eigenvalue weighted by Gasteiger charge is 2.12. The second-order valence-electron chi connectivity index (χ2n) is 4.84. The lowest BCUT2D eigenvalue weighted by Crippen LogP contribution is -2.15. The lowest BCUT2D eigenvalue weighted by molar-refractivity contribution is 0.318. The van der Waals surface area contributed by atoms with Crippen LogP contribution in [0, 0.1) is 5.92 Å². The van der Waals surface area contributed by atoms with Gasteiger partial charge in [0.15, 0.2) is 5.84 Å². The number of nitrogens with zero attached hydrogens (tertiary/aromatic N) is 2. The van der Waals surface area contributed by atoms with Crippen LogP contribution in [0.15, 0.2) is 40.5 Å². The summed E-state index contributed by atoms with van der Waals surface area (Å²) in [4.78, 5) is 4.64. The fraction of sp³-hybridized carbons (Fsp3) is 0.333. The Labute approximate surface area is 123 Å². The van der Waals surface area contributed by atoms with Crippen molar-refractivity contribution < 1.29 is 5.21 Å². The van der Waals surface area contributed by atoms with Gasteiger partial charge >= 0.3 is 0 Å². The zero-order valence-corrected chi connectivity index (χ0v) is 12.5. The number of aromatic nitrogens is 1. The van der Waals surface area contributed by atoms with Gasteiger partial charge in [0.1, 0.15) is 5.03 Å². The fourth-order valence-corrected chi connectivity index (χ4v) is 2.94. The molecule has 1 aromatic heterocycles. The Morgan fingerprint density at radius 1 is 1.45 bits per heavy atom. The number of nitrogens with two attached hydrogens (primary N) is 1. The summed E-state index contributed by atoms with van der Waals surface area (Å²) < 4.78 is 0. The van der Waals surface area contributed by atoms with E-state index >= 15 is 0 Å². The molecular formula is C15H19N3OS. The zero-order valence-electron chi connectivity index (χ0n) is 11.7. The third-order valence-electron chi connectivity index (χ3n) is 3.27. The molecule has 20 heavy (non-hydrogen) atoms. The largest absolute Gasteiger partial charge is 0.409 e. The highest BCUT2D eigenvalue weighted by Crippen LogP contribution is 2.27. The number of para-hydroxylation sites is 1. The fourth-order valence-electron chi connectivity index (χ4n) is 1.78. The highest BCUT2D eigenvalue weighted by atomic mass is 32.2. The maximum Gasteiger partial charge on any atom is 0.172 e. The van der Waals surface area contributed by atoms with E-state index in [1.807, 2.05) is 30.3 Å². The molecule has 0 amide bonds. The number of pyridine rings is 1. The van der Waals surface area contributed by atoms with Crippen molar-refractivity contribution in [3.05, 3.63) is 35.9 Å². The molecule has 0 spiro atoms. The zero-order chi connectivity index (χ0) is 14.5. The van der Waals surface area contributed by atoms with Crippen molar-refractivity contribution in [1.82, 2.24) is 4.98 Å². The first-order chi connectivity index (χ1) is 9.65. The molecule has 2 rings (SSSR count). The van der Waals surface area contributed by atoms with E-state index < -0.39 is 0 Å². The summed E-state index contributed by atoms with van der Waals surface area (Å²) in [6.45, 7) is 4.38. The molecule has 1 unspecified atom stereocenters. The van der Waals surface area contributed by atoms with Crippen LogP contribution in [0.25, 0.3) is 10.9 Å². The van der Waals surface area contributed by atoms with E-state index in [4.69, 9.17) is 10.9 Å². The van der Waals surface area contributed by atoms with Crippen LogP contribution in [0.3, 0.4) is 0 Å². The summed E-state index contributed by atoms with van der Waals surface area (Å²) in [6, 6.07) is 9.78. The Hall–Kier alpha value is -1.75. The minimum atomic E-state index is 0.106. The molecule has 0 bridgehead atoms. The standard InChI is InChI=1S/C15H19N3OS/c1-3-10(2)9-20-15-12(14(16)18-19)8-11-6-4-5-7-13(11)17-15/h4-8,10,19H,3,9H2,1-2H3,(H2,16,18). The van der Waals surface area contributed by atoms with Gasteiger partial charge in [-0.1, -0.05) is 43.6 Å². The smallest absolute Gasteiger partial charge is 0.172 e. The molecule has 106 valence electrons. The Balaban J connectivity index is 2.43. The third kappa shape index (κ3) is 3.22. The van der Waals surface area contributed by atoms with Crippen LogP contribution in [0.5, 0.6) is 0 Å². The van der Waals surface area contributed by atoms with Crippen LogP contribution in [-0.2, 0) is 0 Å². The molecule has 0 radical (unpaired) electrons. The summed E-state index contributed by atoms with van der Waals surface area (Å²) in [7, 11) is 0. The molecule has 5 heteroatoms. The molecule has 4 nitrogen and oxygen atoms in total. The molecular weight excluding hydrogens is 270 g/mol. The molecule has 1 aromatic carbocycles. The normalized spacial score (nSPS) is 13.6. The van der Waals surface area contributed by atoms with Gasteiger partial charge in [0.2, 0.25) is 0 Å². The quantitative estimate of drug-likeness (QED) is 0.291. The SMILES string of the molecule is CCC(C)CSc1nc2ccccc2cc1/C(N)=N/O. The van der Waals surface area contributed by atoms with Crippen molar-refractivity contribution in [2.45, 2.75) is 25.3 Å². The van der Waals surface area contributed by atoms with Crippen LogP contribution >= 0.6 is 11.8 Å². The van der Waals surface area contributed by atoms with Crippen molar-refractivity contribution in [2.24, 2.45) is 16.8 Å². The Kier molecular flexibility index (Phi) is 4.84. The van der Waals surface area contributed by atoms with Crippen molar-refractivity contribution in [1.29, 1.82) is 0 Å². The second-order valence-corrected chi connectivity index (χ2v) is 5.85. The molecule has 0 fully saturated rings. The number of amidine groups is 1. The number of rotatable bonds is 5. The summed E-state index contributed by atoms with van der Waals surface area (Å²) in [5.74, 6) is 1.68. The van der Waals surface area contributed by atoms with Crippen LogP contribution in [0.2, 0.25) is 0 Å². The number of oxime groups is 1. The van der Waals surface area contributed by atoms with Gasteiger partial charge in [-0.25, -0.2) is 4.98 Å². The first kappa shape index (κ1) is 14.7. The van der Waals surface area contributed by atoms with Gasteiger partial charge in [0, 0.05) is 11.1 Å². The average molecular weight is 289 g/mol. The highest BCUT2D eigenvalue weighted by molar-refractivity contribution is 7.99. The topological polar surface area (TPSA) is 71.5 Å². The van der Waals surface area contributed by atoms with Gasteiger partial charge < -0.3 is 10.9 Å². The van der Waals surface area contributed by atoms with Crippen molar-refractivity contribution in [3.8, 4) is 0 Å². The summed E-state index contributed by atoms with van der Waals surface area (Å²) >= 11 is 1.66. The number of hydrogen-bond donors (Lipinski definition) is 2. The summed E-state index contributed by atoms with van der Waals surface area (Å²) in [5.41, 5.74) is 7.39. The van der Waals surface area contributed by atoms with Crippen molar-refractivity contribution in [3.63, 3.8) is 0 Å². The average Bonchev–Trinajstić information content (AvgIpc) is 2.50. The van der Waals surface area contributed by atoms with E-state index in [0.717, 1.165) is 28.1 Å². The van der Waals surface area contributed by atoms with Crippen LogP contribution in [0.1, 0.15) is 25.8 Å². The molecule has 1 atom stereocenters. The summed E-state index contributed by atoms with van der Waals surface area (Å²) in [6.07, 6.45) is 1.12. The maximum absolute atomic E-state index is 8.93. The van der Waals surface area contributed by atoms with Gasteiger partial charge in [-0.15, -0.1) is 11.8 Å². The minimum Gasteiger partial charge on any atom is -0.409 e. The third-order valence-corrected chi connectivity index (χ3v) is 4.59. The van der Waals surface area contributed by atoms with Gasteiger partial charge in [-0.05, 0) is 18.1 Å². The molecule has 0 saturated carbocycles. The molecule has 0 saturated heterocycles. The van der Waals surface area contributed by atoms with E-state index in [0.29, 0.717) is 11.5 Å². The summed E-state index contributed by atoms with van der Waals surface area (Å²) in [5, 5.41) is 13.9. The monoisotopic (exact) mass is 289 g/mol. The molecule has 0 aliphatic heterocycles. The number of hydrogen-bond acceptors (Lipinski definition) is 4. The van der Waals surface area contributed by atoms with Gasteiger partial charge in [-0.2, -0.15) is 0 Å². The molecule has 0 aliphatic rings. The first-order valence-electron chi connectivity index (χ1n) is 6.66. The predicted molar refractivity (Wildman–Crippen MR) is 84.4 cm³/mol. The molecule has 2 aromatic rings. The Bertz CT molecular complexity index is 628. The van der Waals surface area contributed by atoms with E-state index in [1.54, 1.807) is 11.8 Å². The number of fused-ring (bicyclic) bond motifs is 1. The van der Waals surface area contributed by atoms with Gasteiger partial charge in [0.05, 0.1) is 11.1 Å². The van der Waals surface area contributed by atoms with Gasteiger partial charge in [0.25, 0.3) is 0 Å². The van der Waals surface area contributed by atoms with E-state index in [2.05, 4.69) is 24.0 Å².